The Morgan fingerprint density at radius 2 is 1.50 bits per heavy atom. The lowest BCUT2D eigenvalue weighted by atomic mass is 10.1. The topological polar surface area (TPSA) is 0 Å². The molecule has 0 bridgehead atoms. The minimum Gasteiger partial charge on any atom is -0.214 e. The third-order valence-electron chi connectivity index (χ3n) is 2.33. The maximum absolute atomic E-state index is 13.1. The zero-order valence-electron chi connectivity index (χ0n) is 9.09. The number of alkyl halides is 6. The van der Waals surface area contributed by atoms with Crippen LogP contribution in [0.25, 0.3) is 0 Å². The van der Waals surface area contributed by atoms with Crippen LogP contribution >= 0.6 is 23.2 Å². The maximum Gasteiger partial charge on any atom is 0.438 e. The Morgan fingerprint density at radius 3 is 1.94 bits per heavy atom. The second-order valence-electron chi connectivity index (χ2n) is 3.79. The predicted molar refractivity (Wildman–Crippen MR) is 58.8 cm³/mol. The molecule has 0 amide bonds. The molecule has 0 rings (SSSR count). The standard InChI is InChI=1S/C10H16Cl2F4/c1-2-3-4-5-6-7-8(11)9(12,13)10(14,15)16/h8H,2-7H2,1H3. The molecule has 0 saturated heterocycles. The van der Waals surface area contributed by atoms with Gasteiger partial charge in [0, 0.05) is 0 Å². The highest BCUT2D eigenvalue weighted by Crippen LogP contribution is 2.44. The number of halogens is 6. The van der Waals surface area contributed by atoms with Crippen LogP contribution in [0.3, 0.4) is 0 Å². The normalized spacial score (nSPS) is 18.2. The summed E-state index contributed by atoms with van der Waals surface area (Å²) in [4.78, 5) is 0. The average molecular weight is 283 g/mol. The molecule has 0 nitrogen and oxygen atoms in total. The van der Waals surface area contributed by atoms with Gasteiger partial charge in [0.05, 0.1) is 5.38 Å². The highest BCUT2D eigenvalue weighted by atomic mass is 35.5. The smallest absolute Gasteiger partial charge is 0.214 e. The van der Waals surface area contributed by atoms with E-state index < -0.39 is 16.7 Å². The highest BCUT2D eigenvalue weighted by molar-refractivity contribution is 6.32. The minimum atomic E-state index is -5.12. The minimum absolute atomic E-state index is 0.0647. The summed E-state index contributed by atoms with van der Waals surface area (Å²) in [6.07, 6.45) is -0.989. The molecule has 16 heavy (non-hydrogen) atoms. The van der Waals surface area contributed by atoms with Gasteiger partial charge in [0.15, 0.2) is 0 Å². The van der Waals surface area contributed by atoms with Crippen LogP contribution in [0.2, 0.25) is 0 Å². The Kier molecular flexibility index (Phi) is 7.03. The van der Waals surface area contributed by atoms with Crippen LogP contribution in [0.4, 0.5) is 17.6 Å². The van der Waals surface area contributed by atoms with Crippen LogP contribution in [-0.4, -0.2) is 16.7 Å². The van der Waals surface area contributed by atoms with Crippen LogP contribution in [-0.2, 0) is 0 Å². The molecular weight excluding hydrogens is 267 g/mol. The van der Waals surface area contributed by atoms with E-state index in [1.807, 2.05) is 6.92 Å². The first-order valence-corrected chi connectivity index (χ1v) is 6.13. The summed E-state index contributed by atoms with van der Waals surface area (Å²) in [6, 6.07) is 0. The van der Waals surface area contributed by atoms with Crippen molar-refractivity contribution in [3.05, 3.63) is 0 Å². The SMILES string of the molecule is CCCCCCCC(Cl)C(F)(Cl)C(F)(F)F. The van der Waals surface area contributed by atoms with E-state index in [1.54, 1.807) is 0 Å². The molecule has 0 saturated carbocycles. The van der Waals surface area contributed by atoms with Crippen LogP contribution in [0.15, 0.2) is 0 Å². The third kappa shape index (κ3) is 5.09. The Labute approximate surface area is 103 Å². The fourth-order valence-corrected chi connectivity index (χ4v) is 1.67. The van der Waals surface area contributed by atoms with Crippen molar-refractivity contribution >= 4 is 23.2 Å². The van der Waals surface area contributed by atoms with Crippen molar-refractivity contribution in [1.29, 1.82) is 0 Å². The van der Waals surface area contributed by atoms with Crippen LogP contribution in [0.1, 0.15) is 45.4 Å². The number of hydrogen-bond donors (Lipinski definition) is 0. The van der Waals surface area contributed by atoms with Gasteiger partial charge in [0.2, 0.25) is 0 Å². The Bertz CT molecular complexity index is 192. The first kappa shape index (κ1) is 16.3. The molecule has 0 aliphatic carbocycles. The van der Waals surface area contributed by atoms with Crippen LogP contribution in [0, 0.1) is 0 Å². The van der Waals surface area contributed by atoms with Gasteiger partial charge in [-0.25, -0.2) is 4.39 Å². The molecular formula is C10H16Cl2F4. The number of rotatable bonds is 7. The van der Waals surface area contributed by atoms with Crippen molar-refractivity contribution in [3.63, 3.8) is 0 Å². The van der Waals surface area contributed by atoms with E-state index >= 15 is 0 Å². The highest BCUT2D eigenvalue weighted by Gasteiger charge is 2.59. The third-order valence-corrected chi connectivity index (χ3v) is 3.44. The predicted octanol–water partition coefficient (Wildman–Crippen LogP) is 5.42. The molecule has 0 aromatic heterocycles. The van der Waals surface area contributed by atoms with Crippen molar-refractivity contribution in [1.82, 2.24) is 0 Å². The molecule has 2 atom stereocenters. The lowest BCUT2D eigenvalue weighted by Crippen LogP contribution is -2.43. The second kappa shape index (κ2) is 6.90. The Balaban J connectivity index is 3.92. The van der Waals surface area contributed by atoms with Crippen molar-refractivity contribution in [3.8, 4) is 0 Å². The van der Waals surface area contributed by atoms with Gasteiger partial charge in [-0.15, -0.1) is 11.6 Å². The van der Waals surface area contributed by atoms with Gasteiger partial charge < -0.3 is 0 Å². The second-order valence-corrected chi connectivity index (χ2v) is 4.87. The van der Waals surface area contributed by atoms with E-state index in [0.717, 1.165) is 25.7 Å². The number of unbranched alkanes of at least 4 members (excludes halogenated alkanes) is 4. The van der Waals surface area contributed by atoms with E-state index in [0.29, 0.717) is 6.42 Å². The zero-order valence-corrected chi connectivity index (χ0v) is 10.6. The number of hydrogen-bond acceptors (Lipinski definition) is 0. The summed E-state index contributed by atoms with van der Waals surface area (Å²) in [5.41, 5.74) is 0. The van der Waals surface area contributed by atoms with Crippen molar-refractivity contribution in [2.75, 3.05) is 0 Å². The lowest BCUT2D eigenvalue weighted by molar-refractivity contribution is -0.198. The molecule has 2 unspecified atom stereocenters. The average Bonchev–Trinajstić information content (AvgIpc) is 2.15. The summed E-state index contributed by atoms with van der Waals surface area (Å²) in [7, 11) is 0. The fourth-order valence-electron chi connectivity index (χ4n) is 1.29. The summed E-state index contributed by atoms with van der Waals surface area (Å²) in [6.45, 7) is 2.03. The van der Waals surface area contributed by atoms with E-state index in [9.17, 15) is 17.6 Å². The molecule has 0 aromatic rings. The van der Waals surface area contributed by atoms with E-state index in [4.69, 9.17) is 23.2 Å². The van der Waals surface area contributed by atoms with E-state index in [2.05, 4.69) is 0 Å². The summed E-state index contributed by atoms with van der Waals surface area (Å²) < 4.78 is 49.4. The quantitative estimate of drug-likeness (QED) is 0.332. The zero-order chi connectivity index (χ0) is 12.8. The molecule has 0 fully saturated rings. The fraction of sp³-hybridized carbons (Fsp3) is 1.00. The van der Waals surface area contributed by atoms with Crippen LogP contribution in [0.5, 0.6) is 0 Å². The Morgan fingerprint density at radius 1 is 1.00 bits per heavy atom. The first-order valence-electron chi connectivity index (χ1n) is 5.32. The van der Waals surface area contributed by atoms with Gasteiger partial charge in [-0.1, -0.05) is 50.6 Å². The van der Waals surface area contributed by atoms with Gasteiger partial charge in [-0.3, -0.25) is 0 Å². The monoisotopic (exact) mass is 282 g/mol. The molecule has 0 radical (unpaired) electrons. The molecule has 0 aliphatic heterocycles. The van der Waals surface area contributed by atoms with Crippen molar-refractivity contribution < 1.29 is 17.6 Å². The largest absolute Gasteiger partial charge is 0.438 e. The molecule has 0 aliphatic rings. The van der Waals surface area contributed by atoms with E-state index in [-0.39, 0.29) is 6.42 Å². The van der Waals surface area contributed by atoms with Gasteiger partial charge in [-0.2, -0.15) is 13.2 Å². The van der Waals surface area contributed by atoms with E-state index in [1.165, 1.54) is 0 Å². The molecule has 0 aromatic carbocycles. The maximum atomic E-state index is 13.1. The van der Waals surface area contributed by atoms with Gasteiger partial charge in [0.25, 0.3) is 5.13 Å². The molecule has 0 heterocycles. The molecule has 0 spiro atoms. The molecule has 98 valence electrons. The molecule has 6 heteroatoms. The summed E-state index contributed by atoms with van der Waals surface area (Å²) in [5.74, 6) is 0. The molecule has 0 N–H and O–H groups in total. The lowest BCUT2D eigenvalue weighted by Gasteiger charge is -2.25. The van der Waals surface area contributed by atoms with Crippen LogP contribution < -0.4 is 0 Å². The first-order chi connectivity index (χ1) is 7.23. The summed E-state index contributed by atoms with van der Waals surface area (Å²) >= 11 is 10.1. The van der Waals surface area contributed by atoms with Gasteiger partial charge >= 0.3 is 6.18 Å². The Hall–Kier alpha value is 0.300. The van der Waals surface area contributed by atoms with Crippen molar-refractivity contribution in [2.24, 2.45) is 0 Å². The summed E-state index contributed by atoms with van der Waals surface area (Å²) in [5, 5.41) is -5.55. The van der Waals surface area contributed by atoms with Crippen molar-refractivity contribution in [2.45, 2.75) is 62.1 Å². The van der Waals surface area contributed by atoms with Gasteiger partial charge in [-0.05, 0) is 6.42 Å². The van der Waals surface area contributed by atoms with Gasteiger partial charge in [0.1, 0.15) is 0 Å².